The molecule has 0 amide bonds. The fourth-order valence-corrected chi connectivity index (χ4v) is 3.30. The van der Waals surface area contributed by atoms with Crippen molar-refractivity contribution >= 4 is 17.7 Å². The Balaban J connectivity index is 1.84. The Morgan fingerprint density at radius 3 is 2.76 bits per heavy atom. The molecule has 0 saturated heterocycles. The molecule has 1 aliphatic rings. The molecule has 3 nitrogen and oxygen atoms in total. The molecular weight excluding hydrogens is 289 g/mol. The number of carboxylic acids is 1. The van der Waals surface area contributed by atoms with Gasteiger partial charge in [-0.15, -0.1) is 11.8 Å². The summed E-state index contributed by atoms with van der Waals surface area (Å²) in [4.78, 5) is 12.2. The van der Waals surface area contributed by atoms with Crippen LogP contribution >= 0.6 is 11.8 Å². The van der Waals surface area contributed by atoms with Gasteiger partial charge in [-0.2, -0.15) is 0 Å². The van der Waals surface area contributed by atoms with Crippen molar-refractivity contribution in [3.05, 3.63) is 30.1 Å². The minimum Gasteiger partial charge on any atom is -0.480 e. The molecule has 1 fully saturated rings. The van der Waals surface area contributed by atoms with Crippen LogP contribution in [0.5, 0.6) is 0 Å². The first kappa shape index (κ1) is 16.3. The van der Waals surface area contributed by atoms with Crippen molar-refractivity contribution in [2.24, 2.45) is 0 Å². The van der Waals surface area contributed by atoms with Gasteiger partial charge in [-0.3, -0.25) is 10.1 Å². The normalized spacial score (nSPS) is 17.4. The summed E-state index contributed by atoms with van der Waals surface area (Å²) < 4.78 is 13.5. The largest absolute Gasteiger partial charge is 0.480 e. The Labute approximate surface area is 129 Å². The summed E-state index contributed by atoms with van der Waals surface area (Å²) in [6.45, 7) is 1.91. The van der Waals surface area contributed by atoms with E-state index in [1.807, 2.05) is 13.0 Å². The molecule has 1 saturated carbocycles. The van der Waals surface area contributed by atoms with Crippen LogP contribution in [0.25, 0.3) is 0 Å². The third-order valence-corrected chi connectivity index (χ3v) is 5.05. The van der Waals surface area contributed by atoms with Crippen LogP contribution in [0, 0.1) is 5.82 Å². The molecule has 2 N–H and O–H groups in total. The predicted molar refractivity (Wildman–Crippen MR) is 83.2 cm³/mol. The third-order valence-electron chi connectivity index (χ3n) is 3.91. The molecule has 1 unspecified atom stereocenters. The van der Waals surface area contributed by atoms with Crippen LogP contribution in [0.1, 0.15) is 39.0 Å². The topological polar surface area (TPSA) is 49.3 Å². The highest BCUT2D eigenvalue weighted by Gasteiger charge is 2.40. The lowest BCUT2D eigenvalue weighted by Crippen LogP contribution is -2.52. The van der Waals surface area contributed by atoms with Crippen LogP contribution < -0.4 is 5.32 Å². The smallest absolute Gasteiger partial charge is 0.323 e. The van der Waals surface area contributed by atoms with Crippen molar-refractivity contribution in [1.29, 1.82) is 0 Å². The SMILES string of the molecule is CCC(CCCSc1ccccc1F)(NC1CC1)C(=O)O. The van der Waals surface area contributed by atoms with E-state index in [-0.39, 0.29) is 5.82 Å². The monoisotopic (exact) mass is 311 g/mol. The van der Waals surface area contributed by atoms with E-state index in [0.29, 0.717) is 23.8 Å². The van der Waals surface area contributed by atoms with E-state index in [1.54, 1.807) is 12.1 Å². The summed E-state index contributed by atoms with van der Waals surface area (Å²) in [5.41, 5.74) is -0.822. The molecular formula is C16H22FNO2S. The van der Waals surface area contributed by atoms with Crippen molar-refractivity contribution in [3.8, 4) is 0 Å². The zero-order valence-corrected chi connectivity index (χ0v) is 13.1. The number of aliphatic carboxylic acids is 1. The lowest BCUT2D eigenvalue weighted by atomic mass is 9.90. The molecule has 116 valence electrons. The third kappa shape index (κ3) is 4.45. The minimum absolute atomic E-state index is 0.210. The van der Waals surface area contributed by atoms with Crippen molar-refractivity contribution in [1.82, 2.24) is 5.32 Å². The van der Waals surface area contributed by atoms with Crippen molar-refractivity contribution in [2.75, 3.05) is 5.75 Å². The molecule has 0 heterocycles. The Kier molecular flexibility index (Phi) is 5.65. The van der Waals surface area contributed by atoms with Gasteiger partial charge in [-0.05, 0) is 50.0 Å². The van der Waals surface area contributed by atoms with Gasteiger partial charge in [-0.25, -0.2) is 4.39 Å². The van der Waals surface area contributed by atoms with Gasteiger partial charge in [-0.1, -0.05) is 19.1 Å². The van der Waals surface area contributed by atoms with E-state index in [1.165, 1.54) is 17.8 Å². The molecule has 0 aromatic heterocycles. The molecule has 5 heteroatoms. The van der Waals surface area contributed by atoms with Gasteiger partial charge in [0, 0.05) is 10.9 Å². The highest BCUT2D eigenvalue weighted by molar-refractivity contribution is 7.99. The van der Waals surface area contributed by atoms with E-state index in [9.17, 15) is 14.3 Å². The van der Waals surface area contributed by atoms with Gasteiger partial charge < -0.3 is 5.11 Å². The second kappa shape index (κ2) is 7.27. The number of nitrogens with one attached hydrogen (secondary N) is 1. The maximum absolute atomic E-state index is 13.5. The van der Waals surface area contributed by atoms with Crippen molar-refractivity contribution in [3.63, 3.8) is 0 Å². The quantitative estimate of drug-likeness (QED) is 0.539. The Bertz CT molecular complexity index is 493. The zero-order valence-electron chi connectivity index (χ0n) is 12.3. The maximum Gasteiger partial charge on any atom is 0.323 e. The summed E-state index contributed by atoms with van der Waals surface area (Å²) in [6, 6.07) is 7.05. The Morgan fingerprint density at radius 1 is 1.48 bits per heavy atom. The van der Waals surface area contributed by atoms with Gasteiger partial charge in [0.2, 0.25) is 0 Å². The van der Waals surface area contributed by atoms with Crippen LogP contribution in [-0.2, 0) is 4.79 Å². The average Bonchev–Trinajstić information content (AvgIpc) is 3.27. The number of hydrogen-bond donors (Lipinski definition) is 2. The highest BCUT2D eigenvalue weighted by Crippen LogP contribution is 2.29. The first-order valence-electron chi connectivity index (χ1n) is 7.46. The first-order valence-corrected chi connectivity index (χ1v) is 8.44. The number of carbonyl (C=O) groups is 1. The van der Waals surface area contributed by atoms with Gasteiger partial charge in [0.1, 0.15) is 11.4 Å². The molecule has 2 rings (SSSR count). The van der Waals surface area contributed by atoms with Crippen molar-refractivity contribution < 1.29 is 14.3 Å². The first-order chi connectivity index (χ1) is 10.1. The van der Waals surface area contributed by atoms with E-state index >= 15 is 0 Å². The van der Waals surface area contributed by atoms with E-state index in [4.69, 9.17) is 0 Å². The van der Waals surface area contributed by atoms with Crippen molar-refractivity contribution in [2.45, 2.75) is 55.5 Å². The number of carboxylic acid groups (broad SMARTS) is 1. The second-order valence-corrected chi connectivity index (χ2v) is 6.68. The fourth-order valence-electron chi connectivity index (χ4n) is 2.41. The van der Waals surface area contributed by atoms with E-state index in [2.05, 4.69) is 5.32 Å². The zero-order chi connectivity index (χ0) is 15.3. The average molecular weight is 311 g/mol. The highest BCUT2D eigenvalue weighted by atomic mass is 32.2. The van der Waals surface area contributed by atoms with Gasteiger partial charge in [0.15, 0.2) is 0 Å². The Morgan fingerprint density at radius 2 is 2.19 bits per heavy atom. The number of hydrogen-bond acceptors (Lipinski definition) is 3. The molecule has 1 atom stereocenters. The molecule has 21 heavy (non-hydrogen) atoms. The molecule has 0 radical (unpaired) electrons. The molecule has 1 aromatic rings. The number of thioether (sulfide) groups is 1. The molecule has 0 bridgehead atoms. The molecule has 1 aliphatic carbocycles. The molecule has 1 aromatic carbocycles. The van der Waals surface area contributed by atoms with Crippen LogP contribution in [0.3, 0.4) is 0 Å². The van der Waals surface area contributed by atoms with E-state index in [0.717, 1.165) is 25.0 Å². The lowest BCUT2D eigenvalue weighted by Gasteiger charge is -2.29. The van der Waals surface area contributed by atoms with Crippen LogP contribution in [0.4, 0.5) is 4.39 Å². The number of halogens is 1. The number of rotatable bonds is 9. The van der Waals surface area contributed by atoms with Crippen LogP contribution in [0.15, 0.2) is 29.2 Å². The van der Waals surface area contributed by atoms with Crippen LogP contribution in [-0.4, -0.2) is 28.4 Å². The summed E-state index contributed by atoms with van der Waals surface area (Å²) in [6.07, 6.45) is 4.04. The summed E-state index contributed by atoms with van der Waals surface area (Å²) >= 11 is 1.45. The number of benzene rings is 1. The molecule has 0 aliphatic heterocycles. The predicted octanol–water partition coefficient (Wildman–Crippen LogP) is 3.68. The summed E-state index contributed by atoms with van der Waals surface area (Å²) in [5, 5.41) is 12.8. The summed E-state index contributed by atoms with van der Waals surface area (Å²) in [7, 11) is 0. The Hall–Kier alpha value is -1.07. The maximum atomic E-state index is 13.5. The lowest BCUT2D eigenvalue weighted by molar-refractivity contribution is -0.145. The molecule has 0 spiro atoms. The van der Waals surface area contributed by atoms with E-state index < -0.39 is 11.5 Å². The van der Waals surface area contributed by atoms with Gasteiger partial charge >= 0.3 is 5.97 Å². The second-order valence-electron chi connectivity index (χ2n) is 5.54. The summed E-state index contributed by atoms with van der Waals surface area (Å²) in [5.74, 6) is -0.256. The van der Waals surface area contributed by atoms with Gasteiger partial charge in [0.05, 0.1) is 0 Å². The minimum atomic E-state index is -0.822. The fraction of sp³-hybridized carbons (Fsp3) is 0.562. The van der Waals surface area contributed by atoms with Gasteiger partial charge in [0.25, 0.3) is 0 Å². The van der Waals surface area contributed by atoms with Crippen LogP contribution in [0.2, 0.25) is 0 Å². The standard InChI is InChI=1S/C16H22FNO2S/c1-2-16(15(19)20,18-12-8-9-12)10-5-11-21-14-7-4-3-6-13(14)17/h3-4,6-7,12,18H,2,5,8-11H2,1H3,(H,19,20).